The van der Waals surface area contributed by atoms with Crippen LogP contribution in [0.15, 0.2) is 18.3 Å². The summed E-state index contributed by atoms with van der Waals surface area (Å²) in [6, 6.07) is 3.23. The van der Waals surface area contributed by atoms with Crippen LogP contribution in [0.3, 0.4) is 0 Å². The Kier molecular flexibility index (Phi) is 3.31. The fourth-order valence-corrected chi connectivity index (χ4v) is 2.11. The third-order valence-electron chi connectivity index (χ3n) is 3.13. The number of nitrogens with zero attached hydrogens (tertiary/aromatic N) is 1. The molecule has 0 radical (unpaired) electrons. The fraction of sp³-hybridized carbons (Fsp3) is 0.583. The van der Waals surface area contributed by atoms with E-state index < -0.39 is 0 Å². The van der Waals surface area contributed by atoms with Crippen molar-refractivity contribution in [1.82, 2.24) is 10.3 Å². The minimum Gasteiger partial charge on any atom is -0.309 e. The summed E-state index contributed by atoms with van der Waals surface area (Å²) in [5.41, 5.74) is 0.587. The molecule has 1 heterocycles. The van der Waals surface area contributed by atoms with Crippen LogP contribution in [0.25, 0.3) is 0 Å². The minimum atomic E-state index is -0.185. The zero-order chi connectivity index (χ0) is 10.7. The molecule has 0 aliphatic heterocycles. The Balaban J connectivity index is 2.19. The van der Waals surface area contributed by atoms with Gasteiger partial charge in [0.05, 0.1) is 11.7 Å². The van der Waals surface area contributed by atoms with E-state index in [9.17, 15) is 4.39 Å². The van der Waals surface area contributed by atoms with Gasteiger partial charge in [0.25, 0.3) is 0 Å². The molecular weight excluding hydrogens is 191 g/mol. The van der Waals surface area contributed by atoms with E-state index in [1.807, 2.05) is 6.92 Å². The van der Waals surface area contributed by atoms with Crippen LogP contribution >= 0.6 is 0 Å². The van der Waals surface area contributed by atoms with E-state index in [4.69, 9.17) is 0 Å². The Hall–Kier alpha value is -0.960. The zero-order valence-corrected chi connectivity index (χ0v) is 9.04. The van der Waals surface area contributed by atoms with E-state index in [1.54, 1.807) is 12.3 Å². The summed E-state index contributed by atoms with van der Waals surface area (Å²) in [4.78, 5) is 4.16. The van der Waals surface area contributed by atoms with Gasteiger partial charge in [0, 0.05) is 6.20 Å². The van der Waals surface area contributed by atoms with Gasteiger partial charge in [-0.25, -0.2) is 4.39 Å². The summed E-state index contributed by atoms with van der Waals surface area (Å²) in [5.74, 6) is 0.379. The van der Waals surface area contributed by atoms with Crippen molar-refractivity contribution in [2.24, 2.45) is 5.92 Å². The number of pyridine rings is 1. The van der Waals surface area contributed by atoms with Crippen LogP contribution in [0.4, 0.5) is 4.39 Å². The van der Waals surface area contributed by atoms with Crippen molar-refractivity contribution in [3.63, 3.8) is 0 Å². The lowest BCUT2D eigenvalue weighted by Gasteiger charge is -2.34. The van der Waals surface area contributed by atoms with E-state index in [0.29, 0.717) is 11.6 Å². The van der Waals surface area contributed by atoms with Crippen molar-refractivity contribution >= 4 is 0 Å². The molecule has 82 valence electrons. The largest absolute Gasteiger partial charge is 0.309 e. The highest BCUT2D eigenvalue weighted by Crippen LogP contribution is 2.37. The average Bonchev–Trinajstić information content (AvgIpc) is 2.15. The van der Waals surface area contributed by atoms with E-state index in [-0.39, 0.29) is 11.9 Å². The normalized spacial score (nSPS) is 18.5. The Morgan fingerprint density at radius 1 is 1.60 bits per heavy atom. The number of halogens is 1. The molecule has 0 amide bonds. The van der Waals surface area contributed by atoms with Gasteiger partial charge < -0.3 is 5.32 Å². The van der Waals surface area contributed by atoms with Gasteiger partial charge in [-0.2, -0.15) is 0 Å². The Morgan fingerprint density at radius 2 is 2.40 bits per heavy atom. The van der Waals surface area contributed by atoms with Crippen LogP contribution in [0.1, 0.15) is 37.9 Å². The first-order chi connectivity index (χ1) is 7.33. The number of hydrogen-bond acceptors (Lipinski definition) is 2. The van der Waals surface area contributed by atoms with E-state index in [2.05, 4.69) is 10.3 Å². The van der Waals surface area contributed by atoms with Gasteiger partial charge in [-0.1, -0.05) is 13.3 Å². The first-order valence-electron chi connectivity index (χ1n) is 5.66. The van der Waals surface area contributed by atoms with Crippen molar-refractivity contribution in [3.05, 3.63) is 29.8 Å². The SMILES string of the molecule is CCNC(c1ncccc1F)C1CCC1. The first kappa shape index (κ1) is 10.6. The topological polar surface area (TPSA) is 24.9 Å². The standard InChI is InChI=1S/C12H17FN2/c1-2-14-11(9-5-3-6-9)12-10(13)7-4-8-15-12/h4,7-9,11,14H,2-3,5-6H2,1H3. The summed E-state index contributed by atoms with van der Waals surface area (Å²) in [7, 11) is 0. The molecule has 3 heteroatoms. The molecule has 0 spiro atoms. The van der Waals surface area contributed by atoms with E-state index in [1.165, 1.54) is 25.3 Å². The quantitative estimate of drug-likeness (QED) is 0.822. The summed E-state index contributed by atoms with van der Waals surface area (Å²) in [5, 5.41) is 3.34. The van der Waals surface area contributed by atoms with Crippen LogP contribution in [0.2, 0.25) is 0 Å². The Bertz CT molecular complexity index is 323. The number of aromatic nitrogens is 1. The van der Waals surface area contributed by atoms with E-state index >= 15 is 0 Å². The predicted octanol–water partition coefficient (Wildman–Crippen LogP) is 2.67. The molecule has 2 nitrogen and oxygen atoms in total. The van der Waals surface area contributed by atoms with Gasteiger partial charge in [-0.15, -0.1) is 0 Å². The molecule has 0 bridgehead atoms. The third kappa shape index (κ3) is 2.17. The lowest BCUT2D eigenvalue weighted by molar-refractivity contribution is 0.225. The number of rotatable bonds is 4. The molecule has 1 aromatic heterocycles. The first-order valence-corrected chi connectivity index (χ1v) is 5.66. The zero-order valence-electron chi connectivity index (χ0n) is 9.04. The summed E-state index contributed by atoms with van der Waals surface area (Å²) >= 11 is 0. The molecule has 1 aromatic rings. The monoisotopic (exact) mass is 208 g/mol. The molecule has 0 saturated heterocycles. The maximum Gasteiger partial charge on any atom is 0.146 e. The molecule has 1 atom stereocenters. The van der Waals surface area contributed by atoms with Crippen LogP contribution in [0, 0.1) is 11.7 Å². The van der Waals surface area contributed by atoms with Crippen LogP contribution < -0.4 is 5.32 Å². The second-order valence-electron chi connectivity index (χ2n) is 4.10. The summed E-state index contributed by atoms with van der Waals surface area (Å²) in [6.07, 6.45) is 5.31. The number of nitrogens with one attached hydrogen (secondary N) is 1. The molecule has 1 aliphatic rings. The highest BCUT2D eigenvalue weighted by atomic mass is 19.1. The second kappa shape index (κ2) is 4.71. The minimum absolute atomic E-state index is 0.102. The number of hydrogen-bond donors (Lipinski definition) is 1. The summed E-state index contributed by atoms with van der Waals surface area (Å²) < 4.78 is 13.6. The van der Waals surface area contributed by atoms with Crippen molar-refractivity contribution in [1.29, 1.82) is 0 Å². The predicted molar refractivity (Wildman–Crippen MR) is 58.0 cm³/mol. The molecule has 1 fully saturated rings. The molecule has 1 N–H and O–H groups in total. The van der Waals surface area contributed by atoms with Crippen molar-refractivity contribution in [2.45, 2.75) is 32.2 Å². The molecule has 1 saturated carbocycles. The molecular formula is C12H17FN2. The second-order valence-corrected chi connectivity index (χ2v) is 4.10. The lowest BCUT2D eigenvalue weighted by Crippen LogP contribution is -2.33. The fourth-order valence-electron chi connectivity index (χ4n) is 2.11. The molecule has 2 rings (SSSR count). The van der Waals surface area contributed by atoms with Gasteiger partial charge in [-0.3, -0.25) is 4.98 Å². The van der Waals surface area contributed by atoms with Gasteiger partial charge in [0.1, 0.15) is 5.82 Å². The molecule has 1 aliphatic carbocycles. The highest BCUT2D eigenvalue weighted by molar-refractivity contribution is 5.13. The summed E-state index contributed by atoms with van der Waals surface area (Å²) in [6.45, 7) is 2.91. The maximum absolute atomic E-state index is 13.6. The molecule has 1 unspecified atom stereocenters. The van der Waals surface area contributed by atoms with Gasteiger partial charge in [0.2, 0.25) is 0 Å². The highest BCUT2D eigenvalue weighted by Gasteiger charge is 2.30. The Morgan fingerprint density at radius 3 is 2.93 bits per heavy atom. The maximum atomic E-state index is 13.6. The van der Waals surface area contributed by atoms with Crippen LogP contribution in [0.5, 0.6) is 0 Å². The van der Waals surface area contributed by atoms with Crippen LogP contribution in [-0.4, -0.2) is 11.5 Å². The van der Waals surface area contributed by atoms with Crippen molar-refractivity contribution in [2.75, 3.05) is 6.54 Å². The lowest BCUT2D eigenvalue weighted by atomic mass is 9.78. The molecule has 0 aromatic carbocycles. The van der Waals surface area contributed by atoms with Gasteiger partial charge >= 0.3 is 0 Å². The smallest absolute Gasteiger partial charge is 0.146 e. The Labute approximate surface area is 89.9 Å². The average molecular weight is 208 g/mol. The van der Waals surface area contributed by atoms with Crippen molar-refractivity contribution < 1.29 is 4.39 Å². The van der Waals surface area contributed by atoms with E-state index in [0.717, 1.165) is 6.54 Å². The molecule has 15 heavy (non-hydrogen) atoms. The van der Waals surface area contributed by atoms with Gasteiger partial charge in [0.15, 0.2) is 0 Å². The third-order valence-corrected chi connectivity index (χ3v) is 3.13. The van der Waals surface area contributed by atoms with Crippen molar-refractivity contribution in [3.8, 4) is 0 Å². The van der Waals surface area contributed by atoms with Crippen LogP contribution in [-0.2, 0) is 0 Å². The van der Waals surface area contributed by atoms with Gasteiger partial charge in [-0.05, 0) is 37.4 Å².